The van der Waals surface area contributed by atoms with Crippen molar-refractivity contribution in [2.24, 2.45) is 0 Å². The molecule has 0 aliphatic carbocycles. The van der Waals surface area contributed by atoms with E-state index in [1.165, 1.54) is 16.3 Å². The zero-order valence-corrected chi connectivity index (χ0v) is 14.6. The number of nitrogens with zero attached hydrogens (tertiary/aromatic N) is 2. The molecule has 0 aliphatic heterocycles. The number of benzene rings is 2. The highest BCUT2D eigenvalue weighted by atomic mass is 16.2. The standard InChI is InChI=1S/C20H21N3O2/c1-20(2,3)14-8-10-15(11-9-14)22-18(24)13-23-17-7-5-4-6-16(17)21-12-19(23)25/h4-12H,13H2,1-3H3,(H,22,24). The van der Waals surface area contributed by atoms with Crippen molar-refractivity contribution in [3.8, 4) is 0 Å². The molecule has 1 aromatic heterocycles. The summed E-state index contributed by atoms with van der Waals surface area (Å²) >= 11 is 0. The maximum atomic E-state index is 12.4. The van der Waals surface area contributed by atoms with E-state index in [4.69, 9.17) is 0 Å². The van der Waals surface area contributed by atoms with E-state index < -0.39 is 0 Å². The zero-order valence-electron chi connectivity index (χ0n) is 14.6. The van der Waals surface area contributed by atoms with Crippen molar-refractivity contribution < 1.29 is 4.79 Å². The van der Waals surface area contributed by atoms with Crippen LogP contribution in [-0.4, -0.2) is 15.5 Å². The molecule has 2 aromatic carbocycles. The van der Waals surface area contributed by atoms with Crippen LogP contribution in [0.25, 0.3) is 11.0 Å². The highest BCUT2D eigenvalue weighted by Crippen LogP contribution is 2.23. The van der Waals surface area contributed by atoms with Gasteiger partial charge >= 0.3 is 0 Å². The third kappa shape index (κ3) is 3.76. The monoisotopic (exact) mass is 335 g/mol. The Kier molecular flexibility index (Phi) is 4.40. The Labute approximate surface area is 146 Å². The number of fused-ring (bicyclic) bond motifs is 1. The second-order valence-corrected chi connectivity index (χ2v) is 7.05. The average molecular weight is 335 g/mol. The Morgan fingerprint density at radius 1 is 1.08 bits per heavy atom. The zero-order chi connectivity index (χ0) is 18.0. The van der Waals surface area contributed by atoms with Crippen LogP contribution in [0.3, 0.4) is 0 Å². The summed E-state index contributed by atoms with van der Waals surface area (Å²) in [5, 5.41) is 2.84. The molecule has 3 aromatic rings. The minimum absolute atomic E-state index is 0.0527. The first-order chi connectivity index (χ1) is 11.8. The van der Waals surface area contributed by atoms with Crippen molar-refractivity contribution in [1.82, 2.24) is 9.55 Å². The molecule has 0 saturated heterocycles. The van der Waals surface area contributed by atoms with Crippen molar-refractivity contribution in [1.29, 1.82) is 0 Å². The first-order valence-corrected chi connectivity index (χ1v) is 8.19. The van der Waals surface area contributed by atoms with E-state index in [9.17, 15) is 9.59 Å². The largest absolute Gasteiger partial charge is 0.325 e. The van der Waals surface area contributed by atoms with E-state index in [1.54, 1.807) is 6.07 Å². The number of para-hydroxylation sites is 2. The molecule has 0 saturated carbocycles. The highest BCUT2D eigenvalue weighted by Gasteiger charge is 2.13. The Balaban J connectivity index is 1.80. The lowest BCUT2D eigenvalue weighted by atomic mass is 9.87. The van der Waals surface area contributed by atoms with Crippen LogP contribution in [0.15, 0.2) is 59.5 Å². The summed E-state index contributed by atoms with van der Waals surface area (Å²) < 4.78 is 1.43. The van der Waals surface area contributed by atoms with Gasteiger partial charge in [0.1, 0.15) is 6.54 Å². The molecular formula is C20H21N3O2. The number of rotatable bonds is 3. The quantitative estimate of drug-likeness (QED) is 0.798. The summed E-state index contributed by atoms with van der Waals surface area (Å²) in [7, 11) is 0. The Morgan fingerprint density at radius 3 is 2.44 bits per heavy atom. The van der Waals surface area contributed by atoms with Crippen molar-refractivity contribution in [3.05, 3.63) is 70.6 Å². The van der Waals surface area contributed by atoms with Gasteiger partial charge in [-0.25, -0.2) is 4.98 Å². The maximum absolute atomic E-state index is 12.4. The number of amides is 1. The summed E-state index contributed by atoms with van der Waals surface area (Å²) in [5.41, 5.74) is 3.01. The SMILES string of the molecule is CC(C)(C)c1ccc(NC(=O)Cn2c(=O)cnc3ccccc32)cc1. The predicted octanol–water partition coefficient (Wildman–Crippen LogP) is 3.33. The smallest absolute Gasteiger partial charge is 0.269 e. The third-order valence-corrected chi connectivity index (χ3v) is 4.09. The highest BCUT2D eigenvalue weighted by molar-refractivity contribution is 5.91. The van der Waals surface area contributed by atoms with Gasteiger partial charge in [-0.3, -0.25) is 14.2 Å². The predicted molar refractivity (Wildman–Crippen MR) is 99.8 cm³/mol. The van der Waals surface area contributed by atoms with Crippen molar-refractivity contribution in [2.75, 3.05) is 5.32 Å². The number of carbonyl (C=O) groups excluding carboxylic acids is 1. The average Bonchev–Trinajstić information content (AvgIpc) is 2.57. The molecule has 1 N–H and O–H groups in total. The second kappa shape index (κ2) is 6.51. The summed E-state index contributed by atoms with van der Waals surface area (Å²) in [4.78, 5) is 28.6. The maximum Gasteiger partial charge on any atom is 0.269 e. The summed E-state index contributed by atoms with van der Waals surface area (Å²) in [5.74, 6) is -0.248. The number of hydrogen-bond acceptors (Lipinski definition) is 3. The lowest BCUT2D eigenvalue weighted by Gasteiger charge is -2.19. The summed E-state index contributed by atoms with van der Waals surface area (Å²) in [6.07, 6.45) is 1.24. The number of carbonyl (C=O) groups is 1. The van der Waals surface area contributed by atoms with E-state index in [0.29, 0.717) is 16.7 Å². The van der Waals surface area contributed by atoms with Crippen LogP contribution in [0.1, 0.15) is 26.3 Å². The molecule has 5 heteroatoms. The normalized spacial score (nSPS) is 11.5. The molecule has 0 bridgehead atoms. The van der Waals surface area contributed by atoms with Crippen molar-refractivity contribution >= 4 is 22.6 Å². The molecule has 128 valence electrons. The summed E-state index contributed by atoms with van der Waals surface area (Å²) in [6, 6.07) is 15.0. The van der Waals surface area contributed by atoms with Gasteiger partial charge in [0.2, 0.25) is 5.91 Å². The molecule has 3 rings (SSSR count). The number of nitrogens with one attached hydrogen (secondary N) is 1. The fraction of sp³-hybridized carbons (Fsp3) is 0.250. The van der Waals surface area contributed by atoms with E-state index in [0.717, 1.165) is 0 Å². The number of hydrogen-bond donors (Lipinski definition) is 1. The van der Waals surface area contributed by atoms with Crippen LogP contribution in [0, 0.1) is 0 Å². The minimum atomic E-state index is -0.295. The van der Waals surface area contributed by atoms with Crippen LogP contribution in [-0.2, 0) is 16.8 Å². The van der Waals surface area contributed by atoms with Crippen molar-refractivity contribution in [3.63, 3.8) is 0 Å². The van der Waals surface area contributed by atoms with E-state index in [1.807, 2.05) is 42.5 Å². The van der Waals surface area contributed by atoms with Crippen molar-refractivity contribution in [2.45, 2.75) is 32.7 Å². The molecule has 1 heterocycles. The lowest BCUT2D eigenvalue weighted by Crippen LogP contribution is -2.28. The van der Waals surface area contributed by atoms with Gasteiger partial charge in [0.15, 0.2) is 0 Å². The molecule has 1 amide bonds. The Morgan fingerprint density at radius 2 is 1.76 bits per heavy atom. The van der Waals surface area contributed by atoms with Crippen LogP contribution in [0.4, 0.5) is 5.69 Å². The Bertz CT molecular complexity index is 967. The number of anilines is 1. The molecule has 0 radical (unpaired) electrons. The van der Waals surface area contributed by atoms with Gasteiger partial charge in [-0.1, -0.05) is 45.0 Å². The minimum Gasteiger partial charge on any atom is -0.325 e. The Hall–Kier alpha value is -2.95. The second-order valence-electron chi connectivity index (χ2n) is 7.05. The van der Waals surface area contributed by atoms with Gasteiger partial charge in [0.25, 0.3) is 5.56 Å². The molecule has 0 aliphatic rings. The fourth-order valence-corrected chi connectivity index (χ4v) is 2.68. The van der Waals surface area contributed by atoms with Gasteiger partial charge in [0, 0.05) is 5.69 Å². The van der Waals surface area contributed by atoms with Crippen LogP contribution in [0.2, 0.25) is 0 Å². The molecule has 0 unspecified atom stereocenters. The van der Waals surface area contributed by atoms with Gasteiger partial charge in [0.05, 0.1) is 17.2 Å². The lowest BCUT2D eigenvalue weighted by molar-refractivity contribution is -0.116. The molecule has 25 heavy (non-hydrogen) atoms. The van der Waals surface area contributed by atoms with Crippen LogP contribution < -0.4 is 10.9 Å². The van der Waals surface area contributed by atoms with Gasteiger partial charge in [-0.15, -0.1) is 0 Å². The van der Waals surface area contributed by atoms with E-state index in [2.05, 4.69) is 31.1 Å². The number of aromatic nitrogens is 2. The first kappa shape index (κ1) is 16.9. The van der Waals surface area contributed by atoms with Crippen LogP contribution in [0.5, 0.6) is 0 Å². The molecule has 0 fully saturated rings. The van der Waals surface area contributed by atoms with E-state index in [-0.39, 0.29) is 23.4 Å². The van der Waals surface area contributed by atoms with Gasteiger partial charge < -0.3 is 5.32 Å². The molecular weight excluding hydrogens is 314 g/mol. The molecule has 0 spiro atoms. The third-order valence-electron chi connectivity index (χ3n) is 4.09. The molecule has 0 atom stereocenters. The first-order valence-electron chi connectivity index (χ1n) is 8.19. The summed E-state index contributed by atoms with van der Waals surface area (Å²) in [6.45, 7) is 6.37. The van der Waals surface area contributed by atoms with Crippen LogP contribution >= 0.6 is 0 Å². The fourth-order valence-electron chi connectivity index (χ4n) is 2.68. The van der Waals surface area contributed by atoms with Gasteiger partial charge in [-0.05, 0) is 35.2 Å². The van der Waals surface area contributed by atoms with Gasteiger partial charge in [-0.2, -0.15) is 0 Å². The van der Waals surface area contributed by atoms with E-state index >= 15 is 0 Å². The molecule has 5 nitrogen and oxygen atoms in total. The topological polar surface area (TPSA) is 64.0 Å².